The maximum Gasteiger partial charge on any atom is 0.410 e. The van der Waals surface area contributed by atoms with Crippen LogP contribution in [0, 0.1) is 0 Å². The van der Waals surface area contributed by atoms with Crippen LogP contribution in [0.25, 0.3) is 0 Å². The lowest BCUT2D eigenvalue weighted by molar-refractivity contribution is -0.130. The zero-order valence-corrected chi connectivity index (χ0v) is 13.5. The Labute approximate surface area is 135 Å². The van der Waals surface area contributed by atoms with Crippen molar-refractivity contribution in [3.8, 4) is 0 Å². The first-order valence-corrected chi connectivity index (χ1v) is 8.00. The van der Waals surface area contributed by atoms with Gasteiger partial charge in [-0.1, -0.05) is 30.3 Å². The molecule has 0 spiro atoms. The number of hydrogen-bond donors (Lipinski definition) is 0. The normalized spacial score (nSPS) is 17.4. The van der Waals surface area contributed by atoms with Crippen LogP contribution in [0.3, 0.4) is 0 Å². The monoisotopic (exact) mass is 324 g/mol. The molecule has 1 aliphatic heterocycles. The van der Waals surface area contributed by atoms with Crippen LogP contribution in [0.15, 0.2) is 30.3 Å². The van der Waals surface area contributed by atoms with Gasteiger partial charge < -0.3 is 14.5 Å². The summed E-state index contributed by atoms with van der Waals surface area (Å²) < 4.78 is 5.32. The number of likely N-dealkylation sites (tertiary alicyclic amines) is 1. The molecule has 5 nitrogen and oxygen atoms in total. The lowest BCUT2D eigenvalue weighted by Crippen LogP contribution is -2.43. The fourth-order valence-corrected chi connectivity index (χ4v) is 2.84. The summed E-state index contributed by atoms with van der Waals surface area (Å²) in [6.07, 6.45) is 0.428. The van der Waals surface area contributed by atoms with Crippen molar-refractivity contribution in [2.24, 2.45) is 0 Å². The first-order chi connectivity index (χ1) is 10.7. The van der Waals surface area contributed by atoms with Crippen molar-refractivity contribution in [2.75, 3.05) is 25.5 Å². The van der Waals surface area contributed by atoms with E-state index in [2.05, 4.69) is 0 Å². The molecule has 1 aromatic rings. The third-order valence-electron chi connectivity index (χ3n) is 3.84. The molecule has 2 rings (SSSR count). The van der Waals surface area contributed by atoms with Gasteiger partial charge in [-0.3, -0.25) is 4.79 Å². The molecule has 0 aromatic heterocycles. The number of amides is 2. The Morgan fingerprint density at radius 1 is 1.36 bits per heavy atom. The Hall–Kier alpha value is -1.75. The third-order valence-corrected chi connectivity index (χ3v) is 4.07. The highest BCUT2D eigenvalue weighted by molar-refractivity contribution is 6.27. The van der Waals surface area contributed by atoms with Crippen molar-refractivity contribution >= 4 is 23.6 Å². The predicted molar refractivity (Wildman–Crippen MR) is 84.7 cm³/mol. The van der Waals surface area contributed by atoms with Crippen LogP contribution in [0.2, 0.25) is 0 Å². The van der Waals surface area contributed by atoms with Crippen LogP contribution < -0.4 is 0 Å². The van der Waals surface area contributed by atoms with Gasteiger partial charge in [-0.25, -0.2) is 4.79 Å². The van der Waals surface area contributed by atoms with Crippen molar-refractivity contribution in [3.05, 3.63) is 35.9 Å². The molecule has 1 aliphatic rings. The fraction of sp³-hybridized carbons (Fsp3) is 0.500. The van der Waals surface area contributed by atoms with Crippen LogP contribution in [-0.4, -0.2) is 53.4 Å². The van der Waals surface area contributed by atoms with Crippen molar-refractivity contribution in [1.82, 2.24) is 9.80 Å². The molecule has 1 saturated heterocycles. The number of ether oxygens (including phenoxy) is 1. The Morgan fingerprint density at radius 2 is 2.09 bits per heavy atom. The molecule has 6 heteroatoms. The number of carbonyl (C=O) groups excluding carboxylic acids is 2. The molecular weight excluding hydrogens is 304 g/mol. The number of carbonyl (C=O) groups is 2. The van der Waals surface area contributed by atoms with E-state index in [1.54, 1.807) is 9.80 Å². The number of halogens is 1. The summed E-state index contributed by atoms with van der Waals surface area (Å²) in [5, 5.41) is 0. The molecule has 1 aromatic carbocycles. The zero-order chi connectivity index (χ0) is 15.9. The molecule has 1 heterocycles. The van der Waals surface area contributed by atoms with Crippen molar-refractivity contribution < 1.29 is 14.3 Å². The van der Waals surface area contributed by atoms with Gasteiger partial charge in [-0.05, 0) is 18.9 Å². The summed E-state index contributed by atoms with van der Waals surface area (Å²) in [4.78, 5) is 27.2. The van der Waals surface area contributed by atoms with Crippen LogP contribution in [0.4, 0.5) is 4.79 Å². The molecule has 0 saturated carbocycles. The van der Waals surface area contributed by atoms with Crippen molar-refractivity contribution in [3.63, 3.8) is 0 Å². The number of hydrogen-bond acceptors (Lipinski definition) is 3. The maximum absolute atomic E-state index is 12.1. The van der Waals surface area contributed by atoms with Crippen LogP contribution >= 0.6 is 11.6 Å². The summed E-state index contributed by atoms with van der Waals surface area (Å²) in [6.45, 7) is 3.89. The molecule has 1 unspecified atom stereocenters. The number of alkyl halides is 1. The van der Waals surface area contributed by atoms with E-state index in [9.17, 15) is 9.59 Å². The number of rotatable bonds is 5. The van der Waals surface area contributed by atoms with Gasteiger partial charge in [0.15, 0.2) is 0 Å². The van der Waals surface area contributed by atoms with E-state index in [0.717, 1.165) is 12.0 Å². The fourth-order valence-electron chi connectivity index (χ4n) is 2.69. The SMILES string of the molecule is CCN(C(=O)CCl)C1CCN(C(=O)OCc2ccccc2)C1. The van der Waals surface area contributed by atoms with Gasteiger partial charge in [0.2, 0.25) is 5.91 Å². The molecule has 2 amide bonds. The van der Waals surface area contributed by atoms with Crippen LogP contribution in [-0.2, 0) is 16.1 Å². The van der Waals surface area contributed by atoms with Gasteiger partial charge >= 0.3 is 6.09 Å². The van der Waals surface area contributed by atoms with Gasteiger partial charge in [-0.2, -0.15) is 0 Å². The van der Waals surface area contributed by atoms with Crippen molar-refractivity contribution in [2.45, 2.75) is 26.0 Å². The van der Waals surface area contributed by atoms with E-state index >= 15 is 0 Å². The summed E-state index contributed by atoms with van der Waals surface area (Å²) in [6, 6.07) is 9.60. The number of nitrogens with zero attached hydrogens (tertiary/aromatic N) is 2. The van der Waals surface area contributed by atoms with Gasteiger partial charge in [-0.15, -0.1) is 11.6 Å². The standard InChI is InChI=1S/C16H21ClN2O3/c1-2-19(15(20)10-17)14-8-9-18(11-14)16(21)22-12-13-6-4-3-5-7-13/h3-7,14H,2,8-12H2,1H3. The van der Waals surface area contributed by atoms with Gasteiger partial charge in [0.25, 0.3) is 0 Å². The van der Waals surface area contributed by atoms with E-state index in [1.165, 1.54) is 0 Å². The average molecular weight is 325 g/mol. The zero-order valence-electron chi connectivity index (χ0n) is 12.7. The second kappa shape index (κ2) is 8.03. The third kappa shape index (κ3) is 4.13. The Balaban J connectivity index is 1.84. The van der Waals surface area contributed by atoms with E-state index in [0.29, 0.717) is 19.6 Å². The molecule has 1 fully saturated rings. The van der Waals surface area contributed by atoms with E-state index in [1.807, 2.05) is 37.3 Å². The molecule has 0 aliphatic carbocycles. The Morgan fingerprint density at radius 3 is 2.73 bits per heavy atom. The smallest absolute Gasteiger partial charge is 0.410 e. The number of benzene rings is 1. The summed E-state index contributed by atoms with van der Waals surface area (Å²) in [5.74, 6) is -0.114. The molecule has 0 bridgehead atoms. The molecule has 0 radical (unpaired) electrons. The highest BCUT2D eigenvalue weighted by atomic mass is 35.5. The van der Waals surface area contributed by atoms with E-state index < -0.39 is 0 Å². The summed E-state index contributed by atoms with van der Waals surface area (Å²) in [5.41, 5.74) is 0.957. The predicted octanol–water partition coefficient (Wildman–Crippen LogP) is 2.48. The average Bonchev–Trinajstić information content (AvgIpc) is 3.03. The van der Waals surface area contributed by atoms with Gasteiger partial charge in [0.1, 0.15) is 12.5 Å². The van der Waals surface area contributed by atoms with Gasteiger partial charge in [0.05, 0.1) is 6.04 Å². The molecular formula is C16H21ClN2O3. The van der Waals surface area contributed by atoms with E-state index in [4.69, 9.17) is 16.3 Å². The summed E-state index contributed by atoms with van der Waals surface area (Å²) >= 11 is 5.62. The second-order valence-electron chi connectivity index (χ2n) is 5.24. The Bertz CT molecular complexity index is 509. The first kappa shape index (κ1) is 16.6. The first-order valence-electron chi connectivity index (χ1n) is 7.46. The molecule has 22 heavy (non-hydrogen) atoms. The highest BCUT2D eigenvalue weighted by Crippen LogP contribution is 2.17. The quantitative estimate of drug-likeness (QED) is 0.782. The lowest BCUT2D eigenvalue weighted by atomic mass is 10.2. The highest BCUT2D eigenvalue weighted by Gasteiger charge is 2.32. The maximum atomic E-state index is 12.1. The minimum atomic E-state index is -0.333. The minimum absolute atomic E-state index is 0.0250. The minimum Gasteiger partial charge on any atom is -0.445 e. The van der Waals surface area contributed by atoms with Gasteiger partial charge in [0, 0.05) is 19.6 Å². The molecule has 0 N–H and O–H groups in total. The van der Waals surface area contributed by atoms with Crippen molar-refractivity contribution in [1.29, 1.82) is 0 Å². The molecule has 1 atom stereocenters. The number of likely N-dealkylation sites (N-methyl/N-ethyl adjacent to an activating group) is 1. The van der Waals surface area contributed by atoms with E-state index in [-0.39, 0.29) is 30.5 Å². The second-order valence-corrected chi connectivity index (χ2v) is 5.51. The van der Waals surface area contributed by atoms with Crippen LogP contribution in [0.5, 0.6) is 0 Å². The molecule has 120 valence electrons. The summed E-state index contributed by atoms with van der Waals surface area (Å²) in [7, 11) is 0. The Kier molecular flexibility index (Phi) is 6.07. The topological polar surface area (TPSA) is 49.9 Å². The largest absolute Gasteiger partial charge is 0.445 e. The van der Waals surface area contributed by atoms with Crippen LogP contribution in [0.1, 0.15) is 18.9 Å². The lowest BCUT2D eigenvalue weighted by Gasteiger charge is -2.27.